The number of nitrogens with two attached hydrogens (primary N) is 1. The average Bonchev–Trinajstić information content (AvgIpc) is 2.34. The first-order valence-corrected chi connectivity index (χ1v) is 5.94. The fourth-order valence-electron chi connectivity index (χ4n) is 1.74. The largest absolute Gasteiger partial charge is 0.370 e. The number of primary amides is 1. The summed E-state index contributed by atoms with van der Waals surface area (Å²) < 4.78 is 25.2. The Morgan fingerprint density at radius 1 is 1.39 bits per heavy atom. The van der Waals surface area contributed by atoms with Gasteiger partial charge in [-0.25, -0.2) is 8.78 Å². The van der Waals surface area contributed by atoms with Crippen LogP contribution in [-0.2, 0) is 4.79 Å². The zero-order valence-electron chi connectivity index (χ0n) is 10.3. The standard InChI is InChI=1S/C13H18F2N2O/c1-2-6-17-11(8-12(16)18)9-4-3-5-10(7-9)13(14)15/h3-5,7,11,13,17H,2,6,8H2,1H3,(H2,16,18). The van der Waals surface area contributed by atoms with Crippen LogP contribution in [0.4, 0.5) is 8.78 Å². The molecular weight excluding hydrogens is 238 g/mol. The van der Waals surface area contributed by atoms with E-state index in [9.17, 15) is 13.6 Å². The summed E-state index contributed by atoms with van der Waals surface area (Å²) in [5, 5.41) is 3.14. The smallest absolute Gasteiger partial charge is 0.263 e. The molecule has 0 fully saturated rings. The SMILES string of the molecule is CCCNC(CC(N)=O)c1cccc(C(F)F)c1. The van der Waals surface area contributed by atoms with Crippen LogP contribution in [-0.4, -0.2) is 12.5 Å². The first kappa shape index (κ1) is 14.6. The van der Waals surface area contributed by atoms with Crippen LogP contribution in [0.25, 0.3) is 0 Å². The van der Waals surface area contributed by atoms with E-state index in [4.69, 9.17) is 5.73 Å². The van der Waals surface area contributed by atoms with Crippen molar-refractivity contribution < 1.29 is 13.6 Å². The summed E-state index contributed by atoms with van der Waals surface area (Å²) >= 11 is 0. The number of carbonyl (C=O) groups is 1. The van der Waals surface area contributed by atoms with Gasteiger partial charge < -0.3 is 11.1 Å². The average molecular weight is 256 g/mol. The topological polar surface area (TPSA) is 55.1 Å². The fraction of sp³-hybridized carbons (Fsp3) is 0.462. The van der Waals surface area contributed by atoms with Crippen LogP contribution >= 0.6 is 0 Å². The molecule has 3 nitrogen and oxygen atoms in total. The summed E-state index contributed by atoms with van der Waals surface area (Å²) in [6, 6.07) is 5.78. The van der Waals surface area contributed by atoms with Crippen molar-refractivity contribution in [2.75, 3.05) is 6.54 Å². The molecule has 0 heterocycles. The highest BCUT2D eigenvalue weighted by Crippen LogP contribution is 2.24. The van der Waals surface area contributed by atoms with Gasteiger partial charge in [0.25, 0.3) is 6.43 Å². The van der Waals surface area contributed by atoms with E-state index >= 15 is 0 Å². The van der Waals surface area contributed by atoms with E-state index in [2.05, 4.69) is 5.32 Å². The van der Waals surface area contributed by atoms with E-state index in [1.165, 1.54) is 12.1 Å². The zero-order chi connectivity index (χ0) is 13.5. The molecule has 1 amide bonds. The highest BCUT2D eigenvalue weighted by atomic mass is 19.3. The molecule has 0 bridgehead atoms. The van der Waals surface area contributed by atoms with Gasteiger partial charge in [-0.05, 0) is 24.6 Å². The Morgan fingerprint density at radius 3 is 2.61 bits per heavy atom. The lowest BCUT2D eigenvalue weighted by molar-refractivity contribution is -0.118. The second kappa shape index (κ2) is 7.06. The van der Waals surface area contributed by atoms with E-state index < -0.39 is 12.3 Å². The number of benzene rings is 1. The summed E-state index contributed by atoms with van der Waals surface area (Å²) in [5.74, 6) is -0.453. The number of alkyl halides is 2. The highest BCUT2D eigenvalue weighted by Gasteiger charge is 2.15. The number of carbonyl (C=O) groups excluding carboxylic acids is 1. The van der Waals surface area contributed by atoms with Gasteiger partial charge in [0.1, 0.15) is 0 Å². The monoisotopic (exact) mass is 256 g/mol. The fourth-order valence-corrected chi connectivity index (χ4v) is 1.74. The molecule has 1 aromatic rings. The minimum Gasteiger partial charge on any atom is -0.370 e. The molecule has 0 aliphatic carbocycles. The Balaban J connectivity index is 2.89. The quantitative estimate of drug-likeness (QED) is 0.787. The van der Waals surface area contributed by atoms with Crippen LogP contribution in [0.15, 0.2) is 24.3 Å². The van der Waals surface area contributed by atoms with E-state index in [1.54, 1.807) is 12.1 Å². The molecule has 0 spiro atoms. The van der Waals surface area contributed by atoms with Gasteiger partial charge in [-0.3, -0.25) is 4.79 Å². The Morgan fingerprint density at radius 2 is 2.06 bits per heavy atom. The second-order valence-electron chi connectivity index (χ2n) is 4.15. The van der Waals surface area contributed by atoms with Gasteiger partial charge in [0, 0.05) is 18.0 Å². The van der Waals surface area contributed by atoms with Crippen molar-refractivity contribution in [3.05, 3.63) is 35.4 Å². The molecule has 0 aliphatic rings. The van der Waals surface area contributed by atoms with Crippen LogP contribution in [0.2, 0.25) is 0 Å². The van der Waals surface area contributed by atoms with Gasteiger partial charge in [-0.15, -0.1) is 0 Å². The Kier molecular flexibility index (Phi) is 5.71. The van der Waals surface area contributed by atoms with Crippen molar-refractivity contribution in [3.8, 4) is 0 Å². The van der Waals surface area contributed by atoms with Crippen LogP contribution in [0.1, 0.15) is 43.4 Å². The zero-order valence-corrected chi connectivity index (χ0v) is 10.3. The lowest BCUT2D eigenvalue weighted by Gasteiger charge is -2.18. The molecular formula is C13H18F2N2O. The van der Waals surface area contributed by atoms with Gasteiger partial charge in [0.2, 0.25) is 5.91 Å². The van der Waals surface area contributed by atoms with Crippen molar-refractivity contribution in [2.45, 2.75) is 32.2 Å². The molecule has 0 aliphatic heterocycles. The third-order valence-corrected chi connectivity index (χ3v) is 2.61. The third kappa shape index (κ3) is 4.41. The molecule has 0 saturated heterocycles. The molecule has 1 unspecified atom stereocenters. The normalized spacial score (nSPS) is 12.7. The van der Waals surface area contributed by atoms with Crippen LogP contribution in [0.5, 0.6) is 0 Å². The summed E-state index contributed by atoms with van der Waals surface area (Å²) in [7, 11) is 0. The lowest BCUT2D eigenvalue weighted by atomic mass is 10.0. The van der Waals surface area contributed by atoms with E-state index in [0.29, 0.717) is 12.1 Å². The molecule has 1 atom stereocenters. The summed E-state index contributed by atoms with van der Waals surface area (Å²) in [6.07, 6.45) is -1.51. The number of rotatable bonds is 7. The van der Waals surface area contributed by atoms with Crippen molar-refractivity contribution in [1.29, 1.82) is 0 Å². The van der Waals surface area contributed by atoms with Gasteiger partial charge in [0.15, 0.2) is 0 Å². The first-order valence-electron chi connectivity index (χ1n) is 5.94. The molecule has 1 aromatic carbocycles. The number of hydrogen-bond acceptors (Lipinski definition) is 2. The molecule has 0 radical (unpaired) electrons. The van der Waals surface area contributed by atoms with Crippen LogP contribution in [0.3, 0.4) is 0 Å². The van der Waals surface area contributed by atoms with Gasteiger partial charge in [-0.1, -0.05) is 25.1 Å². The molecule has 0 saturated carbocycles. The predicted octanol–water partition coefficient (Wildman–Crippen LogP) is 2.54. The minimum absolute atomic E-state index is 0.0414. The second-order valence-corrected chi connectivity index (χ2v) is 4.15. The van der Waals surface area contributed by atoms with Crippen molar-refractivity contribution in [3.63, 3.8) is 0 Å². The van der Waals surface area contributed by atoms with Crippen molar-refractivity contribution in [1.82, 2.24) is 5.32 Å². The first-order chi connectivity index (χ1) is 8.54. The molecule has 1 rings (SSSR count). The Hall–Kier alpha value is -1.49. The van der Waals surface area contributed by atoms with E-state index in [-0.39, 0.29) is 18.0 Å². The third-order valence-electron chi connectivity index (χ3n) is 2.61. The maximum absolute atomic E-state index is 12.6. The summed E-state index contributed by atoms with van der Waals surface area (Å²) in [5.41, 5.74) is 5.80. The summed E-state index contributed by atoms with van der Waals surface area (Å²) in [6.45, 7) is 2.70. The van der Waals surface area contributed by atoms with Gasteiger partial charge in [-0.2, -0.15) is 0 Å². The maximum Gasteiger partial charge on any atom is 0.263 e. The molecule has 100 valence electrons. The van der Waals surface area contributed by atoms with E-state index in [1.807, 2.05) is 6.92 Å². The number of nitrogens with one attached hydrogen (secondary N) is 1. The number of amides is 1. The van der Waals surface area contributed by atoms with Gasteiger partial charge in [0.05, 0.1) is 0 Å². The predicted molar refractivity (Wildman–Crippen MR) is 66.2 cm³/mol. The van der Waals surface area contributed by atoms with Gasteiger partial charge >= 0.3 is 0 Å². The molecule has 3 N–H and O–H groups in total. The lowest BCUT2D eigenvalue weighted by Crippen LogP contribution is -2.27. The maximum atomic E-state index is 12.6. The summed E-state index contributed by atoms with van der Waals surface area (Å²) in [4.78, 5) is 11.0. The molecule has 18 heavy (non-hydrogen) atoms. The van der Waals surface area contributed by atoms with Crippen LogP contribution in [0, 0.1) is 0 Å². The van der Waals surface area contributed by atoms with Crippen molar-refractivity contribution >= 4 is 5.91 Å². The molecule has 5 heteroatoms. The Labute approximate surface area is 105 Å². The Bertz CT molecular complexity index is 396. The number of halogens is 2. The van der Waals surface area contributed by atoms with Crippen molar-refractivity contribution in [2.24, 2.45) is 5.73 Å². The number of hydrogen-bond donors (Lipinski definition) is 2. The molecule has 0 aromatic heterocycles. The van der Waals surface area contributed by atoms with Crippen LogP contribution < -0.4 is 11.1 Å². The highest BCUT2D eigenvalue weighted by molar-refractivity contribution is 5.74. The van der Waals surface area contributed by atoms with E-state index in [0.717, 1.165) is 6.42 Å². The minimum atomic E-state index is -2.51.